The second-order valence-electron chi connectivity index (χ2n) is 5.35. The van der Waals surface area contributed by atoms with Crippen LogP contribution in [0.1, 0.15) is 12.7 Å². The fraction of sp³-hybridized carbons (Fsp3) is 0.500. The van der Waals surface area contributed by atoms with E-state index in [4.69, 9.17) is 11.6 Å². The summed E-state index contributed by atoms with van der Waals surface area (Å²) < 4.78 is 25.6. The third-order valence-electron chi connectivity index (χ3n) is 3.84. The van der Waals surface area contributed by atoms with Crippen molar-refractivity contribution in [2.24, 2.45) is 0 Å². The summed E-state index contributed by atoms with van der Waals surface area (Å²) in [6.45, 7) is 3.31. The molecule has 0 spiro atoms. The van der Waals surface area contributed by atoms with Gasteiger partial charge in [0.05, 0.1) is 27.6 Å². The maximum Gasteiger partial charge on any atom is 0.153 e. The summed E-state index contributed by atoms with van der Waals surface area (Å²) in [7, 11) is -2.94. The van der Waals surface area contributed by atoms with Crippen LogP contribution in [-0.2, 0) is 22.8 Å². The first-order valence-electron chi connectivity index (χ1n) is 7.07. The lowest BCUT2D eigenvalue weighted by Gasteiger charge is -2.23. The third-order valence-corrected chi connectivity index (χ3v) is 5.88. The van der Waals surface area contributed by atoms with E-state index in [1.165, 1.54) is 0 Å². The van der Waals surface area contributed by atoms with E-state index in [2.05, 4.69) is 14.9 Å². The van der Waals surface area contributed by atoms with Gasteiger partial charge < -0.3 is 9.88 Å². The molecule has 0 amide bonds. The molecular weight excluding hydrogens is 310 g/mol. The molecule has 1 saturated heterocycles. The van der Waals surface area contributed by atoms with Crippen molar-refractivity contribution < 1.29 is 8.42 Å². The van der Waals surface area contributed by atoms with Gasteiger partial charge in [-0.05, 0) is 19.1 Å². The van der Waals surface area contributed by atoms with E-state index >= 15 is 0 Å². The number of hydrogen-bond acceptors (Lipinski definition) is 4. The predicted octanol–water partition coefficient (Wildman–Crippen LogP) is 1.64. The number of halogens is 1. The van der Waals surface area contributed by atoms with Crippen LogP contribution in [0.3, 0.4) is 0 Å². The quantitative estimate of drug-likeness (QED) is 0.931. The van der Waals surface area contributed by atoms with Crippen LogP contribution >= 0.6 is 11.6 Å². The number of aromatic nitrogens is 2. The molecule has 2 aromatic rings. The number of para-hydroxylation sites is 1. The molecule has 21 heavy (non-hydrogen) atoms. The summed E-state index contributed by atoms with van der Waals surface area (Å²) in [6.07, 6.45) is 0.595. The maximum atomic E-state index is 11.7. The molecule has 114 valence electrons. The number of rotatable bonds is 3. The summed E-state index contributed by atoms with van der Waals surface area (Å²) >= 11 is 6.27. The van der Waals surface area contributed by atoms with E-state index in [-0.39, 0.29) is 17.5 Å². The van der Waals surface area contributed by atoms with E-state index in [0.29, 0.717) is 18.0 Å². The number of aryl methyl sites for hydroxylation is 1. The first-order valence-corrected chi connectivity index (χ1v) is 9.27. The van der Waals surface area contributed by atoms with Crippen LogP contribution < -0.4 is 5.32 Å². The summed E-state index contributed by atoms with van der Waals surface area (Å²) in [4.78, 5) is 4.63. The molecule has 1 N–H and O–H groups in total. The lowest BCUT2D eigenvalue weighted by molar-refractivity contribution is 0.502. The number of imidazole rings is 1. The Morgan fingerprint density at radius 1 is 1.48 bits per heavy atom. The van der Waals surface area contributed by atoms with Crippen LogP contribution in [0.4, 0.5) is 0 Å². The lowest BCUT2D eigenvalue weighted by atomic mass is 10.2. The highest BCUT2D eigenvalue weighted by Gasteiger charge is 2.26. The Labute approximate surface area is 129 Å². The second-order valence-corrected chi connectivity index (χ2v) is 7.99. The van der Waals surface area contributed by atoms with Gasteiger partial charge in [-0.15, -0.1) is 0 Å². The van der Waals surface area contributed by atoms with Crippen molar-refractivity contribution in [1.82, 2.24) is 14.9 Å². The molecule has 1 aromatic heterocycles. The number of benzene rings is 1. The first kappa shape index (κ1) is 14.8. The number of fused-ring (bicyclic) bond motifs is 1. The van der Waals surface area contributed by atoms with Crippen LogP contribution in [0.2, 0.25) is 5.02 Å². The Morgan fingerprint density at radius 2 is 2.29 bits per heavy atom. The van der Waals surface area contributed by atoms with Crippen LogP contribution in [0.5, 0.6) is 0 Å². The molecule has 1 unspecified atom stereocenters. The highest BCUT2D eigenvalue weighted by molar-refractivity contribution is 7.91. The van der Waals surface area contributed by atoms with Crippen LogP contribution in [0, 0.1) is 0 Å². The third kappa shape index (κ3) is 2.93. The van der Waals surface area contributed by atoms with E-state index < -0.39 is 9.84 Å². The standard InChI is InChI=1S/C14H18ClN3O2S/c1-2-18-13(8-10-9-21(19,20)7-6-16-10)17-12-5-3-4-11(15)14(12)18/h3-5,10,16H,2,6-9H2,1H3. The van der Waals surface area contributed by atoms with Gasteiger partial charge in [-0.3, -0.25) is 0 Å². The Bertz CT molecular complexity index is 770. The van der Waals surface area contributed by atoms with Gasteiger partial charge in [0.1, 0.15) is 5.82 Å². The number of nitrogens with zero attached hydrogens (tertiary/aromatic N) is 2. The molecule has 1 aliphatic rings. The predicted molar refractivity (Wildman–Crippen MR) is 84.6 cm³/mol. The molecule has 1 atom stereocenters. The minimum absolute atomic E-state index is 0.0790. The highest BCUT2D eigenvalue weighted by atomic mass is 35.5. The average molecular weight is 328 g/mol. The van der Waals surface area contributed by atoms with Gasteiger partial charge in [0.25, 0.3) is 0 Å². The smallest absolute Gasteiger partial charge is 0.153 e. The molecule has 3 rings (SSSR count). The van der Waals surface area contributed by atoms with Crippen LogP contribution in [-0.4, -0.2) is 42.1 Å². The monoisotopic (exact) mass is 327 g/mol. The minimum Gasteiger partial charge on any atom is -0.327 e. The van der Waals surface area contributed by atoms with E-state index in [1.54, 1.807) is 0 Å². The Morgan fingerprint density at radius 3 is 3.00 bits per heavy atom. The maximum absolute atomic E-state index is 11.7. The topological polar surface area (TPSA) is 64.0 Å². The Kier molecular flexibility index (Phi) is 3.94. The van der Waals surface area contributed by atoms with Gasteiger partial charge >= 0.3 is 0 Å². The molecule has 7 heteroatoms. The zero-order chi connectivity index (χ0) is 15.0. The second kappa shape index (κ2) is 5.59. The molecule has 0 aliphatic carbocycles. The van der Waals surface area contributed by atoms with E-state index in [1.807, 2.05) is 25.1 Å². The SMILES string of the molecule is CCn1c(CC2CS(=O)(=O)CCN2)nc2cccc(Cl)c21. The van der Waals surface area contributed by atoms with E-state index in [0.717, 1.165) is 23.4 Å². The minimum atomic E-state index is -2.94. The summed E-state index contributed by atoms with van der Waals surface area (Å²) in [5, 5.41) is 3.95. The summed E-state index contributed by atoms with van der Waals surface area (Å²) in [6, 6.07) is 5.59. The molecule has 0 radical (unpaired) electrons. The van der Waals surface area contributed by atoms with Crippen molar-refractivity contribution in [1.29, 1.82) is 0 Å². The summed E-state index contributed by atoms with van der Waals surface area (Å²) in [5.74, 6) is 1.28. The molecule has 1 fully saturated rings. The van der Waals surface area contributed by atoms with Crippen molar-refractivity contribution in [2.45, 2.75) is 25.9 Å². The van der Waals surface area contributed by atoms with Gasteiger partial charge in [-0.1, -0.05) is 17.7 Å². The molecule has 1 aromatic carbocycles. The van der Waals surface area contributed by atoms with Crippen LogP contribution in [0.25, 0.3) is 11.0 Å². The van der Waals surface area contributed by atoms with Crippen molar-refractivity contribution in [3.63, 3.8) is 0 Å². The van der Waals surface area contributed by atoms with E-state index in [9.17, 15) is 8.42 Å². The Hall–Kier alpha value is -1.11. The number of hydrogen-bond donors (Lipinski definition) is 1. The van der Waals surface area contributed by atoms with Gasteiger partial charge in [0.15, 0.2) is 9.84 Å². The lowest BCUT2D eigenvalue weighted by Crippen LogP contribution is -2.46. The fourth-order valence-corrected chi connectivity index (χ4v) is 4.62. The van der Waals surface area contributed by atoms with Gasteiger partial charge in [0, 0.05) is 25.6 Å². The Balaban J connectivity index is 1.95. The molecule has 2 heterocycles. The van der Waals surface area contributed by atoms with Gasteiger partial charge in [-0.25, -0.2) is 13.4 Å². The van der Waals surface area contributed by atoms with Crippen LogP contribution in [0.15, 0.2) is 18.2 Å². The van der Waals surface area contributed by atoms with Crippen molar-refractivity contribution in [3.8, 4) is 0 Å². The molecular formula is C14H18ClN3O2S. The number of sulfone groups is 1. The zero-order valence-electron chi connectivity index (χ0n) is 11.8. The van der Waals surface area contributed by atoms with Crippen molar-refractivity contribution in [3.05, 3.63) is 29.0 Å². The largest absolute Gasteiger partial charge is 0.327 e. The molecule has 1 aliphatic heterocycles. The fourth-order valence-electron chi connectivity index (χ4n) is 2.91. The highest BCUT2D eigenvalue weighted by Crippen LogP contribution is 2.25. The normalized spacial score (nSPS) is 21.7. The van der Waals surface area contributed by atoms with Gasteiger partial charge in [-0.2, -0.15) is 0 Å². The first-order chi connectivity index (χ1) is 10.00. The molecule has 0 bridgehead atoms. The summed E-state index contributed by atoms with van der Waals surface area (Å²) in [5.41, 5.74) is 1.79. The van der Waals surface area contributed by atoms with Gasteiger partial charge in [0.2, 0.25) is 0 Å². The molecule has 0 saturated carbocycles. The average Bonchev–Trinajstić information content (AvgIpc) is 2.76. The molecule has 5 nitrogen and oxygen atoms in total. The zero-order valence-corrected chi connectivity index (χ0v) is 13.4. The van der Waals surface area contributed by atoms with Crippen molar-refractivity contribution in [2.75, 3.05) is 18.1 Å². The van der Waals surface area contributed by atoms with Crippen molar-refractivity contribution >= 4 is 32.5 Å². The number of nitrogens with one attached hydrogen (secondary N) is 1.